The van der Waals surface area contributed by atoms with E-state index >= 15 is 0 Å². The zero-order valence-electron chi connectivity index (χ0n) is 22.6. The number of hydrogen-bond acceptors (Lipinski definition) is 3. The third-order valence-corrected chi connectivity index (χ3v) is 10.7. The van der Waals surface area contributed by atoms with Crippen molar-refractivity contribution in [1.82, 2.24) is 15.1 Å². The van der Waals surface area contributed by atoms with E-state index in [1.807, 2.05) is 18.9 Å². The number of carbonyl (C=O) groups excluding carboxylic acids is 2. The number of thiocarbonyl (C=S) groups is 1. The van der Waals surface area contributed by atoms with Crippen LogP contribution in [0.2, 0.25) is 0 Å². The molecule has 0 radical (unpaired) electrons. The highest BCUT2D eigenvalue weighted by molar-refractivity contribution is 7.80. The Labute approximate surface area is 212 Å². The van der Waals surface area contributed by atoms with Crippen molar-refractivity contribution < 1.29 is 9.59 Å². The molecule has 0 aromatic heterocycles. The smallest absolute Gasteiger partial charge is 0.232 e. The number of likely N-dealkylation sites (tertiary alicyclic amines) is 1. The van der Waals surface area contributed by atoms with Crippen molar-refractivity contribution in [3.05, 3.63) is 0 Å². The predicted octanol–water partition coefficient (Wildman–Crippen LogP) is 5.24. The first-order chi connectivity index (χ1) is 15.8. The maximum absolute atomic E-state index is 14.1. The molecule has 7 atom stereocenters. The average Bonchev–Trinajstić information content (AvgIpc) is 3.11. The summed E-state index contributed by atoms with van der Waals surface area (Å²) in [5, 5.41) is 3.84. The first kappa shape index (κ1) is 25.9. The Bertz CT molecular complexity index is 838. The number of fused-ring (bicyclic) bond motifs is 5. The van der Waals surface area contributed by atoms with E-state index in [-0.39, 0.29) is 28.1 Å². The number of hydrogen-bond donors (Lipinski definition) is 1. The number of amides is 2. The van der Waals surface area contributed by atoms with Gasteiger partial charge in [0.2, 0.25) is 11.8 Å². The van der Waals surface area contributed by atoms with E-state index in [4.69, 9.17) is 12.2 Å². The molecular formula is C28H47N3O2S. The van der Waals surface area contributed by atoms with Gasteiger partial charge >= 0.3 is 0 Å². The predicted molar refractivity (Wildman–Crippen MR) is 141 cm³/mol. The maximum atomic E-state index is 14.1. The maximum Gasteiger partial charge on any atom is 0.232 e. The second-order valence-corrected chi connectivity index (χ2v) is 13.9. The van der Waals surface area contributed by atoms with E-state index in [1.165, 1.54) is 12.8 Å². The molecule has 0 spiro atoms. The van der Waals surface area contributed by atoms with Gasteiger partial charge in [-0.25, -0.2) is 0 Å². The van der Waals surface area contributed by atoms with Crippen LogP contribution in [-0.4, -0.2) is 52.9 Å². The van der Waals surface area contributed by atoms with Crippen molar-refractivity contribution in [3.63, 3.8) is 0 Å². The minimum Gasteiger partial charge on any atom is -0.362 e. The summed E-state index contributed by atoms with van der Waals surface area (Å²) in [7, 11) is 2.03. The molecule has 0 bridgehead atoms. The second-order valence-electron chi connectivity index (χ2n) is 13.5. The average molecular weight is 490 g/mol. The Balaban J connectivity index is 1.57. The molecule has 1 saturated heterocycles. The van der Waals surface area contributed by atoms with Gasteiger partial charge in [-0.15, -0.1) is 0 Å². The van der Waals surface area contributed by atoms with Gasteiger partial charge in [0.05, 0.1) is 0 Å². The zero-order valence-corrected chi connectivity index (χ0v) is 23.4. The minimum absolute atomic E-state index is 0.0108. The van der Waals surface area contributed by atoms with E-state index in [0.717, 1.165) is 38.6 Å². The lowest BCUT2D eigenvalue weighted by Crippen LogP contribution is -2.61. The number of rotatable bonds is 3. The van der Waals surface area contributed by atoms with Gasteiger partial charge in [0.25, 0.3) is 0 Å². The molecule has 4 aliphatic rings. The first-order valence-electron chi connectivity index (χ1n) is 13.7. The quantitative estimate of drug-likeness (QED) is 0.551. The molecule has 0 unspecified atom stereocenters. The highest BCUT2D eigenvalue weighted by Crippen LogP contribution is 2.66. The molecule has 6 heteroatoms. The largest absolute Gasteiger partial charge is 0.362 e. The molecule has 1 N–H and O–H groups in total. The van der Waals surface area contributed by atoms with Crippen molar-refractivity contribution in [3.8, 4) is 0 Å². The summed E-state index contributed by atoms with van der Waals surface area (Å²) in [6, 6.07) is 0.387. The summed E-state index contributed by atoms with van der Waals surface area (Å²) in [5.41, 5.74) is 0.263. The third kappa shape index (κ3) is 4.20. The second kappa shape index (κ2) is 9.05. The zero-order chi connectivity index (χ0) is 25.1. The Morgan fingerprint density at radius 1 is 1.09 bits per heavy atom. The Morgan fingerprint density at radius 3 is 2.41 bits per heavy atom. The molecule has 2 amide bonds. The van der Waals surface area contributed by atoms with Crippen LogP contribution in [0, 0.1) is 39.9 Å². The summed E-state index contributed by atoms with van der Waals surface area (Å²) < 4.78 is 0. The lowest BCUT2D eigenvalue weighted by molar-refractivity contribution is -0.160. The lowest BCUT2D eigenvalue weighted by atomic mass is 9.47. The monoisotopic (exact) mass is 489 g/mol. The van der Waals surface area contributed by atoms with Crippen molar-refractivity contribution in [2.24, 2.45) is 39.9 Å². The molecule has 5 nitrogen and oxygen atoms in total. The minimum atomic E-state index is -0.0108. The number of nitrogens with zero attached hydrogens (tertiary/aromatic N) is 2. The summed E-state index contributed by atoms with van der Waals surface area (Å²) in [5.74, 6) is 2.57. The van der Waals surface area contributed by atoms with Gasteiger partial charge in [-0.1, -0.05) is 34.6 Å². The lowest BCUT2D eigenvalue weighted by Gasteiger charge is -2.61. The fraction of sp³-hybridized carbons (Fsp3) is 0.893. The molecule has 1 aliphatic heterocycles. The Morgan fingerprint density at radius 2 is 1.76 bits per heavy atom. The Kier molecular flexibility index (Phi) is 6.89. The summed E-state index contributed by atoms with van der Waals surface area (Å²) >= 11 is 5.69. The van der Waals surface area contributed by atoms with Gasteiger partial charge in [-0.3, -0.25) is 14.5 Å². The molecule has 3 saturated carbocycles. The van der Waals surface area contributed by atoms with E-state index < -0.39 is 0 Å². The van der Waals surface area contributed by atoms with Crippen molar-refractivity contribution in [2.75, 3.05) is 20.1 Å². The number of carbonyl (C=O) groups is 2. The summed E-state index contributed by atoms with van der Waals surface area (Å²) in [6.07, 6.45) is 8.48. The van der Waals surface area contributed by atoms with E-state index in [1.54, 1.807) is 0 Å². The molecule has 34 heavy (non-hydrogen) atoms. The van der Waals surface area contributed by atoms with Crippen molar-refractivity contribution in [1.29, 1.82) is 0 Å². The molecule has 1 heterocycles. The van der Waals surface area contributed by atoms with Crippen LogP contribution in [0.1, 0.15) is 92.9 Å². The standard InChI is InChI=1S/C28H47N3O2S/c1-8-29-25(34)31(17-26(2,3)4)24(33)21-11-10-19-18-9-12-22-28(6,16-14-23(32)30(22)7)20(18)13-15-27(19,21)5/h18-22H,8-17H2,1-7H3,(H,29,34)/t18-,19-,20-,21+,22+,27-,28+/m0/s1. The number of nitrogens with one attached hydrogen (secondary N) is 1. The van der Waals surface area contributed by atoms with E-state index in [2.05, 4.69) is 44.8 Å². The SMILES string of the molecule is CCNC(=S)N(CC(C)(C)C)C(=O)[C@H]1CC[C@H]2[C@@H]3CC[C@H]4N(C)C(=O)CC[C@]4(C)[C@H]3CC[C@]12C. The van der Waals surface area contributed by atoms with Crippen molar-refractivity contribution >= 4 is 29.1 Å². The van der Waals surface area contributed by atoms with E-state index in [9.17, 15) is 9.59 Å². The highest BCUT2D eigenvalue weighted by Gasteiger charge is 2.62. The fourth-order valence-electron chi connectivity index (χ4n) is 8.72. The summed E-state index contributed by atoms with van der Waals surface area (Å²) in [6.45, 7) is 14.8. The molecule has 4 fully saturated rings. The van der Waals surface area contributed by atoms with Crippen LogP contribution in [-0.2, 0) is 9.59 Å². The van der Waals surface area contributed by atoms with Crippen LogP contribution in [0.15, 0.2) is 0 Å². The third-order valence-electron chi connectivity index (χ3n) is 10.3. The highest BCUT2D eigenvalue weighted by atomic mass is 32.1. The van der Waals surface area contributed by atoms with Crippen LogP contribution in [0.4, 0.5) is 0 Å². The molecule has 3 aliphatic carbocycles. The van der Waals surface area contributed by atoms with E-state index in [0.29, 0.717) is 47.8 Å². The fourth-order valence-corrected chi connectivity index (χ4v) is 9.01. The van der Waals surface area contributed by atoms with Gasteiger partial charge in [-0.2, -0.15) is 0 Å². The van der Waals surface area contributed by atoms with Gasteiger partial charge in [0.1, 0.15) is 0 Å². The van der Waals surface area contributed by atoms with Gasteiger partial charge in [0, 0.05) is 38.5 Å². The molecule has 0 aromatic rings. The van der Waals surface area contributed by atoms with Gasteiger partial charge in [-0.05, 0) is 98.1 Å². The van der Waals surface area contributed by atoms with Crippen LogP contribution >= 0.6 is 12.2 Å². The summed E-state index contributed by atoms with van der Waals surface area (Å²) in [4.78, 5) is 30.5. The van der Waals surface area contributed by atoms with Crippen molar-refractivity contribution in [2.45, 2.75) is 99.0 Å². The normalized spacial score (nSPS) is 39.7. The molecule has 4 rings (SSSR count). The number of piperidine rings is 1. The van der Waals surface area contributed by atoms with Crippen LogP contribution < -0.4 is 5.32 Å². The molecule has 0 aromatic carbocycles. The topological polar surface area (TPSA) is 52.7 Å². The first-order valence-corrected chi connectivity index (χ1v) is 14.1. The van der Waals surface area contributed by atoms with Crippen LogP contribution in [0.3, 0.4) is 0 Å². The van der Waals surface area contributed by atoms with Gasteiger partial charge < -0.3 is 10.2 Å². The molecule has 192 valence electrons. The van der Waals surface area contributed by atoms with Crippen LogP contribution in [0.5, 0.6) is 0 Å². The van der Waals surface area contributed by atoms with Gasteiger partial charge in [0.15, 0.2) is 5.11 Å². The Hall–Kier alpha value is -1.17. The van der Waals surface area contributed by atoms with Crippen LogP contribution in [0.25, 0.3) is 0 Å². The molecular weight excluding hydrogens is 442 g/mol.